The van der Waals surface area contributed by atoms with Gasteiger partial charge >= 0.3 is 0 Å². The molecule has 0 aliphatic carbocycles. The average molecular weight is 144 g/mol. The lowest BCUT2D eigenvalue weighted by Crippen LogP contribution is -1.87. The van der Waals surface area contributed by atoms with Gasteiger partial charge in [0.2, 0.25) is 0 Å². The Hall–Kier alpha value is -0.0800. The molecule has 1 aliphatic heterocycles. The monoisotopic (exact) mass is 144 g/mol. The molecule has 1 N–H and O–H groups in total. The van der Waals surface area contributed by atoms with Gasteiger partial charge in [-0.3, -0.25) is 0 Å². The van der Waals surface area contributed by atoms with Crippen LogP contribution in [0, 0.1) is 0 Å². The van der Waals surface area contributed by atoms with Gasteiger partial charge < -0.3 is 9.84 Å². The van der Waals surface area contributed by atoms with Gasteiger partial charge in [0.15, 0.2) is 0 Å². The van der Waals surface area contributed by atoms with Crippen LogP contribution in [0.25, 0.3) is 0 Å². The zero-order valence-electron chi connectivity index (χ0n) is 6.38. The van der Waals surface area contributed by atoms with Crippen molar-refractivity contribution < 1.29 is 9.84 Å². The SMILES string of the molecule is OCCCCCC[C@@H]1CO1. The van der Waals surface area contributed by atoms with Crippen LogP contribution in [-0.4, -0.2) is 24.4 Å². The number of unbranched alkanes of at least 4 members (excludes halogenated alkanes) is 3. The fourth-order valence-corrected chi connectivity index (χ4v) is 1.07. The highest BCUT2D eigenvalue weighted by Gasteiger charge is 2.20. The van der Waals surface area contributed by atoms with Gasteiger partial charge in [-0.1, -0.05) is 19.3 Å². The Morgan fingerprint density at radius 2 is 1.90 bits per heavy atom. The second kappa shape index (κ2) is 4.69. The van der Waals surface area contributed by atoms with Crippen LogP contribution in [-0.2, 0) is 4.74 Å². The first kappa shape index (κ1) is 8.02. The molecule has 0 aromatic heterocycles. The molecule has 1 rings (SSSR count). The van der Waals surface area contributed by atoms with Gasteiger partial charge in [-0.15, -0.1) is 0 Å². The molecule has 1 heterocycles. The molecule has 60 valence electrons. The second-order valence-electron chi connectivity index (χ2n) is 2.88. The molecular formula is C8H16O2. The van der Waals surface area contributed by atoms with Crippen LogP contribution in [0.2, 0.25) is 0 Å². The topological polar surface area (TPSA) is 32.8 Å². The molecule has 0 aromatic rings. The van der Waals surface area contributed by atoms with Crippen LogP contribution in [0.1, 0.15) is 32.1 Å². The third-order valence-electron chi connectivity index (χ3n) is 1.84. The van der Waals surface area contributed by atoms with Gasteiger partial charge in [0.25, 0.3) is 0 Å². The van der Waals surface area contributed by atoms with E-state index in [2.05, 4.69) is 0 Å². The number of epoxide rings is 1. The van der Waals surface area contributed by atoms with Gasteiger partial charge in [0.1, 0.15) is 0 Å². The van der Waals surface area contributed by atoms with E-state index in [9.17, 15) is 0 Å². The number of aliphatic hydroxyl groups is 1. The van der Waals surface area contributed by atoms with Crippen molar-refractivity contribution in [3.05, 3.63) is 0 Å². The number of ether oxygens (including phenoxy) is 1. The first-order valence-corrected chi connectivity index (χ1v) is 4.16. The van der Waals surface area contributed by atoms with Crippen molar-refractivity contribution >= 4 is 0 Å². The predicted octanol–water partition coefficient (Wildman–Crippen LogP) is 1.33. The van der Waals surface area contributed by atoms with Crippen LogP contribution in [0.3, 0.4) is 0 Å². The Kier molecular flexibility index (Phi) is 3.76. The smallest absolute Gasteiger partial charge is 0.0810 e. The molecule has 1 aliphatic rings. The van der Waals surface area contributed by atoms with E-state index in [1.807, 2.05) is 0 Å². The Labute approximate surface area is 62.2 Å². The number of aliphatic hydroxyl groups excluding tert-OH is 1. The minimum Gasteiger partial charge on any atom is -0.396 e. The summed E-state index contributed by atoms with van der Waals surface area (Å²) in [6, 6.07) is 0. The Bertz CT molecular complexity index is 79.3. The molecule has 0 unspecified atom stereocenters. The molecule has 1 atom stereocenters. The number of hydrogen-bond donors (Lipinski definition) is 1. The quantitative estimate of drug-likeness (QED) is 0.450. The predicted molar refractivity (Wildman–Crippen MR) is 39.9 cm³/mol. The molecule has 2 heteroatoms. The van der Waals surface area contributed by atoms with E-state index in [1.165, 1.54) is 25.7 Å². The van der Waals surface area contributed by atoms with E-state index in [-0.39, 0.29) is 0 Å². The molecule has 0 saturated carbocycles. The van der Waals surface area contributed by atoms with Crippen molar-refractivity contribution in [1.82, 2.24) is 0 Å². The summed E-state index contributed by atoms with van der Waals surface area (Å²) >= 11 is 0. The zero-order chi connectivity index (χ0) is 7.23. The highest BCUT2D eigenvalue weighted by Crippen LogP contribution is 2.17. The summed E-state index contributed by atoms with van der Waals surface area (Å²) in [7, 11) is 0. The van der Waals surface area contributed by atoms with Gasteiger partial charge in [-0.2, -0.15) is 0 Å². The Balaban J connectivity index is 1.68. The molecule has 0 radical (unpaired) electrons. The van der Waals surface area contributed by atoms with Crippen LogP contribution in [0.5, 0.6) is 0 Å². The lowest BCUT2D eigenvalue weighted by molar-refractivity contribution is 0.281. The van der Waals surface area contributed by atoms with Crippen LogP contribution in [0.15, 0.2) is 0 Å². The molecule has 2 nitrogen and oxygen atoms in total. The summed E-state index contributed by atoms with van der Waals surface area (Å²) in [5, 5.41) is 8.46. The molecule has 0 spiro atoms. The lowest BCUT2D eigenvalue weighted by Gasteiger charge is -1.95. The van der Waals surface area contributed by atoms with Crippen molar-refractivity contribution in [3.63, 3.8) is 0 Å². The maximum absolute atomic E-state index is 8.46. The summed E-state index contributed by atoms with van der Waals surface area (Å²) in [6.45, 7) is 1.33. The standard InChI is InChI=1S/C8H16O2/c9-6-4-2-1-3-5-8-7-10-8/h8-9H,1-7H2/t8-/m1/s1. The van der Waals surface area contributed by atoms with Crippen molar-refractivity contribution in [2.45, 2.75) is 38.2 Å². The molecule has 10 heavy (non-hydrogen) atoms. The maximum Gasteiger partial charge on any atom is 0.0810 e. The summed E-state index contributed by atoms with van der Waals surface area (Å²) in [5.74, 6) is 0. The third-order valence-corrected chi connectivity index (χ3v) is 1.84. The largest absolute Gasteiger partial charge is 0.396 e. The van der Waals surface area contributed by atoms with Crippen molar-refractivity contribution in [2.24, 2.45) is 0 Å². The molecule has 0 bridgehead atoms. The highest BCUT2D eigenvalue weighted by molar-refractivity contribution is 4.67. The Morgan fingerprint density at radius 1 is 1.20 bits per heavy atom. The minimum absolute atomic E-state index is 0.347. The maximum atomic E-state index is 8.46. The van der Waals surface area contributed by atoms with Crippen LogP contribution in [0.4, 0.5) is 0 Å². The van der Waals surface area contributed by atoms with E-state index in [0.717, 1.165) is 13.0 Å². The number of rotatable bonds is 6. The fraction of sp³-hybridized carbons (Fsp3) is 1.00. The highest BCUT2D eigenvalue weighted by atomic mass is 16.6. The fourth-order valence-electron chi connectivity index (χ4n) is 1.07. The number of hydrogen-bond acceptors (Lipinski definition) is 2. The van der Waals surface area contributed by atoms with Gasteiger partial charge in [-0.05, 0) is 12.8 Å². The first-order valence-electron chi connectivity index (χ1n) is 4.16. The normalized spacial score (nSPS) is 23.1. The van der Waals surface area contributed by atoms with Crippen molar-refractivity contribution in [1.29, 1.82) is 0 Å². The molecule has 1 saturated heterocycles. The zero-order valence-corrected chi connectivity index (χ0v) is 6.38. The van der Waals surface area contributed by atoms with E-state index in [1.54, 1.807) is 0 Å². The molecule has 0 amide bonds. The van der Waals surface area contributed by atoms with E-state index >= 15 is 0 Å². The second-order valence-corrected chi connectivity index (χ2v) is 2.88. The van der Waals surface area contributed by atoms with Crippen molar-refractivity contribution in [2.75, 3.05) is 13.2 Å². The average Bonchev–Trinajstić information content (AvgIpc) is 2.71. The summed E-state index contributed by atoms with van der Waals surface area (Å²) in [5.41, 5.74) is 0. The molecule has 1 fully saturated rings. The summed E-state index contributed by atoms with van der Waals surface area (Å²) in [6.07, 6.45) is 6.47. The molecular weight excluding hydrogens is 128 g/mol. The van der Waals surface area contributed by atoms with E-state index in [4.69, 9.17) is 9.84 Å². The van der Waals surface area contributed by atoms with Gasteiger partial charge in [-0.25, -0.2) is 0 Å². The summed E-state index contributed by atoms with van der Waals surface area (Å²) in [4.78, 5) is 0. The molecule has 0 aromatic carbocycles. The lowest BCUT2D eigenvalue weighted by atomic mass is 10.1. The van der Waals surface area contributed by atoms with Gasteiger partial charge in [0.05, 0.1) is 12.7 Å². The van der Waals surface area contributed by atoms with Crippen LogP contribution >= 0.6 is 0 Å². The van der Waals surface area contributed by atoms with E-state index < -0.39 is 0 Å². The minimum atomic E-state index is 0.347. The van der Waals surface area contributed by atoms with Crippen molar-refractivity contribution in [3.8, 4) is 0 Å². The van der Waals surface area contributed by atoms with Gasteiger partial charge in [0, 0.05) is 6.61 Å². The Morgan fingerprint density at radius 3 is 2.50 bits per heavy atom. The van der Waals surface area contributed by atoms with Crippen LogP contribution < -0.4 is 0 Å². The van der Waals surface area contributed by atoms with E-state index in [0.29, 0.717) is 12.7 Å². The first-order chi connectivity index (χ1) is 4.93. The summed E-state index contributed by atoms with van der Waals surface area (Å²) < 4.78 is 5.07. The third kappa shape index (κ3) is 3.85.